The Morgan fingerprint density at radius 1 is 1.40 bits per heavy atom. The number of aromatic nitrogens is 2. The number of anilines is 1. The standard InChI is InChI=1S/C13H18N4O8/c14-11(23)5(3-8(19)20)15-7-1-2-17(13(24)16-7)12-10(22)9(21)6(4-18)25-12/h1-2,5-6,9-10,12,18,21-22H,3-4H2,(H2,14,23)(H,19,20)(H,15,16,24)/t5?,6-,9-,10+,12-/m1/s1. The number of aliphatic hydroxyl groups is 3. The van der Waals surface area contributed by atoms with Gasteiger partial charge in [0, 0.05) is 6.20 Å². The minimum Gasteiger partial charge on any atom is -0.481 e. The highest BCUT2D eigenvalue weighted by molar-refractivity contribution is 5.87. The number of aliphatic carboxylic acids is 1. The van der Waals surface area contributed by atoms with Crippen molar-refractivity contribution in [2.75, 3.05) is 11.9 Å². The highest BCUT2D eigenvalue weighted by Crippen LogP contribution is 2.28. The summed E-state index contributed by atoms with van der Waals surface area (Å²) in [6.45, 7) is -0.550. The summed E-state index contributed by atoms with van der Waals surface area (Å²) in [5, 5.41) is 39.8. The van der Waals surface area contributed by atoms with Gasteiger partial charge in [-0.05, 0) is 6.07 Å². The van der Waals surface area contributed by atoms with Gasteiger partial charge in [-0.15, -0.1) is 0 Å². The molecule has 0 saturated carbocycles. The molecule has 1 saturated heterocycles. The molecule has 12 heteroatoms. The lowest BCUT2D eigenvalue weighted by atomic mass is 10.1. The zero-order chi connectivity index (χ0) is 18.7. The van der Waals surface area contributed by atoms with Crippen molar-refractivity contribution in [3.63, 3.8) is 0 Å². The van der Waals surface area contributed by atoms with E-state index in [1.165, 1.54) is 12.3 Å². The SMILES string of the molecule is NC(=O)C(CC(=O)O)Nc1ccn([C@@H]2O[C@H](CO)[C@@H](O)[C@@H]2O)c(=O)n1. The van der Waals surface area contributed by atoms with E-state index in [0.717, 1.165) is 4.57 Å². The van der Waals surface area contributed by atoms with E-state index >= 15 is 0 Å². The van der Waals surface area contributed by atoms with Crippen LogP contribution in [0.3, 0.4) is 0 Å². The Labute approximate surface area is 140 Å². The van der Waals surface area contributed by atoms with Gasteiger partial charge in [0.2, 0.25) is 5.91 Å². The molecule has 2 heterocycles. The van der Waals surface area contributed by atoms with Crippen LogP contribution in [0.4, 0.5) is 5.82 Å². The third kappa shape index (κ3) is 4.11. The zero-order valence-electron chi connectivity index (χ0n) is 12.8. The van der Waals surface area contributed by atoms with Crippen molar-refractivity contribution in [1.82, 2.24) is 9.55 Å². The number of carboxylic acid groups (broad SMARTS) is 1. The first-order valence-corrected chi connectivity index (χ1v) is 7.24. The number of ether oxygens (including phenoxy) is 1. The van der Waals surface area contributed by atoms with Crippen molar-refractivity contribution in [2.45, 2.75) is 37.0 Å². The van der Waals surface area contributed by atoms with E-state index in [9.17, 15) is 24.6 Å². The van der Waals surface area contributed by atoms with Gasteiger partial charge in [0.15, 0.2) is 6.23 Å². The van der Waals surface area contributed by atoms with Gasteiger partial charge in [-0.25, -0.2) is 4.79 Å². The van der Waals surface area contributed by atoms with E-state index in [2.05, 4.69) is 10.3 Å². The average molecular weight is 358 g/mol. The molecule has 12 nitrogen and oxygen atoms in total. The van der Waals surface area contributed by atoms with Crippen LogP contribution in [0, 0.1) is 0 Å². The fourth-order valence-electron chi connectivity index (χ4n) is 2.37. The number of hydrogen-bond donors (Lipinski definition) is 6. The minimum absolute atomic E-state index is 0.0990. The molecule has 138 valence electrons. The van der Waals surface area contributed by atoms with E-state index < -0.39 is 61.2 Å². The first kappa shape index (κ1) is 18.8. The molecule has 2 rings (SSSR count). The van der Waals surface area contributed by atoms with Gasteiger partial charge in [-0.2, -0.15) is 4.98 Å². The van der Waals surface area contributed by atoms with Crippen molar-refractivity contribution in [3.05, 3.63) is 22.7 Å². The average Bonchev–Trinajstić information content (AvgIpc) is 2.82. The van der Waals surface area contributed by atoms with E-state index in [0.29, 0.717) is 0 Å². The Balaban J connectivity index is 2.19. The fraction of sp³-hybridized carbons (Fsp3) is 0.538. The smallest absolute Gasteiger partial charge is 0.351 e. The predicted octanol–water partition coefficient (Wildman–Crippen LogP) is -3.40. The molecule has 1 aromatic heterocycles. The summed E-state index contributed by atoms with van der Waals surface area (Å²) in [5.74, 6) is -2.30. The Morgan fingerprint density at radius 2 is 2.08 bits per heavy atom. The second kappa shape index (κ2) is 7.57. The van der Waals surface area contributed by atoms with Gasteiger partial charge in [0.25, 0.3) is 0 Å². The zero-order valence-corrected chi connectivity index (χ0v) is 12.8. The normalized spacial score (nSPS) is 27.0. The number of rotatable bonds is 7. The van der Waals surface area contributed by atoms with Gasteiger partial charge < -0.3 is 36.2 Å². The van der Waals surface area contributed by atoms with Crippen LogP contribution in [0.25, 0.3) is 0 Å². The number of carbonyl (C=O) groups is 2. The number of nitrogens with zero attached hydrogens (tertiary/aromatic N) is 2. The van der Waals surface area contributed by atoms with Crippen molar-refractivity contribution in [1.29, 1.82) is 0 Å². The van der Waals surface area contributed by atoms with Crippen LogP contribution in [0.1, 0.15) is 12.6 Å². The van der Waals surface area contributed by atoms with E-state index in [4.69, 9.17) is 20.7 Å². The van der Waals surface area contributed by atoms with Crippen LogP contribution >= 0.6 is 0 Å². The van der Waals surface area contributed by atoms with Crippen molar-refractivity contribution >= 4 is 17.7 Å². The summed E-state index contributed by atoms with van der Waals surface area (Å²) in [7, 11) is 0. The number of carbonyl (C=O) groups excluding carboxylic acids is 1. The molecular formula is C13H18N4O8. The van der Waals surface area contributed by atoms with Crippen LogP contribution in [0.2, 0.25) is 0 Å². The fourth-order valence-corrected chi connectivity index (χ4v) is 2.37. The molecule has 7 N–H and O–H groups in total. The number of nitrogens with one attached hydrogen (secondary N) is 1. The predicted molar refractivity (Wildman–Crippen MR) is 80.4 cm³/mol. The number of carboxylic acids is 1. The monoisotopic (exact) mass is 358 g/mol. The third-order valence-electron chi connectivity index (χ3n) is 3.67. The number of amides is 1. The molecule has 0 bridgehead atoms. The van der Waals surface area contributed by atoms with E-state index in [-0.39, 0.29) is 5.82 Å². The Hall–Kier alpha value is -2.54. The summed E-state index contributed by atoms with van der Waals surface area (Å²) >= 11 is 0. The topological polar surface area (TPSA) is 197 Å². The van der Waals surface area contributed by atoms with Crippen LogP contribution in [0.5, 0.6) is 0 Å². The summed E-state index contributed by atoms with van der Waals surface area (Å²) < 4.78 is 6.11. The maximum Gasteiger partial charge on any atom is 0.351 e. The second-order valence-corrected chi connectivity index (χ2v) is 5.43. The van der Waals surface area contributed by atoms with Gasteiger partial charge in [0.05, 0.1) is 13.0 Å². The Kier molecular flexibility index (Phi) is 5.69. The molecule has 25 heavy (non-hydrogen) atoms. The molecular weight excluding hydrogens is 340 g/mol. The minimum atomic E-state index is -1.46. The van der Waals surface area contributed by atoms with Crippen molar-refractivity contribution in [3.8, 4) is 0 Å². The van der Waals surface area contributed by atoms with Gasteiger partial charge >= 0.3 is 11.7 Å². The summed E-state index contributed by atoms with van der Waals surface area (Å²) in [4.78, 5) is 37.6. The van der Waals surface area contributed by atoms with Crippen molar-refractivity contribution in [2.24, 2.45) is 5.73 Å². The highest BCUT2D eigenvalue weighted by Gasteiger charge is 2.43. The first-order valence-electron chi connectivity index (χ1n) is 7.24. The first-order chi connectivity index (χ1) is 11.7. The van der Waals surface area contributed by atoms with Crippen LogP contribution < -0.4 is 16.7 Å². The lowest BCUT2D eigenvalue weighted by Crippen LogP contribution is -2.39. The van der Waals surface area contributed by atoms with E-state index in [1.807, 2.05) is 0 Å². The number of hydrogen-bond acceptors (Lipinski definition) is 9. The second-order valence-electron chi connectivity index (χ2n) is 5.43. The number of primary amides is 1. The van der Waals surface area contributed by atoms with Crippen molar-refractivity contribution < 1.29 is 34.8 Å². The molecule has 0 spiro atoms. The summed E-state index contributed by atoms with van der Waals surface area (Å²) in [6, 6.07) is -0.0253. The lowest BCUT2D eigenvalue weighted by Gasteiger charge is -2.18. The Morgan fingerprint density at radius 3 is 2.56 bits per heavy atom. The van der Waals surface area contributed by atoms with Gasteiger partial charge in [-0.1, -0.05) is 0 Å². The quantitative estimate of drug-likeness (QED) is 0.285. The molecule has 0 aromatic carbocycles. The lowest BCUT2D eigenvalue weighted by molar-refractivity contribution is -0.138. The maximum atomic E-state index is 12.1. The maximum absolute atomic E-state index is 12.1. The molecule has 5 atom stereocenters. The Bertz CT molecular complexity index is 708. The van der Waals surface area contributed by atoms with Crippen LogP contribution in [-0.4, -0.2) is 72.8 Å². The largest absolute Gasteiger partial charge is 0.481 e. The highest BCUT2D eigenvalue weighted by atomic mass is 16.6. The molecule has 1 aliphatic heterocycles. The van der Waals surface area contributed by atoms with Crippen LogP contribution in [-0.2, 0) is 14.3 Å². The molecule has 1 amide bonds. The molecule has 0 aliphatic carbocycles. The molecule has 1 unspecified atom stereocenters. The summed E-state index contributed by atoms with van der Waals surface area (Å²) in [6.07, 6.45) is -4.58. The number of aliphatic hydroxyl groups excluding tert-OH is 3. The molecule has 1 aromatic rings. The van der Waals surface area contributed by atoms with E-state index in [1.54, 1.807) is 0 Å². The molecule has 1 aliphatic rings. The van der Waals surface area contributed by atoms with Crippen LogP contribution in [0.15, 0.2) is 17.1 Å². The van der Waals surface area contributed by atoms with Gasteiger partial charge in [0.1, 0.15) is 30.2 Å². The third-order valence-corrected chi connectivity index (χ3v) is 3.67. The number of nitrogens with two attached hydrogens (primary N) is 1. The molecule has 0 radical (unpaired) electrons. The molecule has 1 fully saturated rings. The van der Waals surface area contributed by atoms with Gasteiger partial charge in [-0.3, -0.25) is 14.2 Å². The summed E-state index contributed by atoms with van der Waals surface area (Å²) in [5.41, 5.74) is 4.19.